The number of allylic oxidation sites excluding steroid dienone is 2. The molecule has 0 fully saturated rings. The molecule has 2 aromatic carbocycles. The van der Waals surface area contributed by atoms with Crippen LogP contribution >= 0.6 is 11.6 Å². The van der Waals surface area contributed by atoms with Crippen molar-refractivity contribution in [2.45, 2.75) is 32.6 Å². The molecule has 3 aromatic rings. The van der Waals surface area contributed by atoms with Gasteiger partial charge in [-0.15, -0.1) is 0 Å². The minimum atomic E-state index is -0.481. The maximum absolute atomic E-state index is 13.8. The topological polar surface area (TPSA) is 109 Å². The number of ketones is 1. The van der Waals surface area contributed by atoms with Crippen LogP contribution in [0, 0.1) is 16.7 Å². The van der Waals surface area contributed by atoms with Gasteiger partial charge in [-0.2, -0.15) is 5.26 Å². The van der Waals surface area contributed by atoms with Gasteiger partial charge in [-0.05, 0) is 41.7 Å². The summed E-state index contributed by atoms with van der Waals surface area (Å²) < 4.78 is 0. The molecule has 0 spiro atoms. The Hall–Kier alpha value is -3.82. The van der Waals surface area contributed by atoms with Crippen LogP contribution in [-0.2, 0) is 4.79 Å². The molecule has 1 aliphatic heterocycles. The fourth-order valence-corrected chi connectivity index (χ4v) is 5.27. The van der Waals surface area contributed by atoms with Crippen molar-refractivity contribution in [3.05, 3.63) is 87.6 Å². The number of aromatic nitrogens is 1. The Bertz CT molecular complexity index is 1390. The van der Waals surface area contributed by atoms with Crippen LogP contribution in [0.25, 0.3) is 0 Å². The zero-order valence-electron chi connectivity index (χ0n) is 19.0. The van der Waals surface area contributed by atoms with Gasteiger partial charge < -0.3 is 11.5 Å². The number of hydrogen-bond donors (Lipinski definition) is 2. The summed E-state index contributed by atoms with van der Waals surface area (Å²) in [5.74, 6) is 0.197. The zero-order valence-corrected chi connectivity index (χ0v) is 19.7. The second kappa shape index (κ2) is 7.89. The molecule has 2 aliphatic rings. The summed E-state index contributed by atoms with van der Waals surface area (Å²) in [6.45, 7) is 4.19. The van der Waals surface area contributed by atoms with E-state index in [-0.39, 0.29) is 28.3 Å². The number of Topliss-reactive ketones (excluding diaryl/α,β-unsaturated/α-hetero) is 1. The summed E-state index contributed by atoms with van der Waals surface area (Å²) in [5.41, 5.74) is 16.9. The molecule has 1 unspecified atom stereocenters. The fraction of sp³-hybridized carbons (Fsp3) is 0.222. The third-order valence-electron chi connectivity index (χ3n) is 6.57. The second-order valence-corrected chi connectivity index (χ2v) is 10.0. The number of nitrogens with two attached hydrogens (primary N) is 2. The maximum atomic E-state index is 13.8. The summed E-state index contributed by atoms with van der Waals surface area (Å²) >= 11 is 6.17. The lowest BCUT2D eigenvalue weighted by atomic mass is 9.68. The fourth-order valence-electron chi connectivity index (χ4n) is 5.14. The summed E-state index contributed by atoms with van der Waals surface area (Å²) in [5, 5.41) is 10.4. The van der Waals surface area contributed by atoms with Crippen LogP contribution in [0.15, 0.2) is 65.9 Å². The SMILES string of the molecule is CC1(C)CC(=O)C2=C(C1)N(c1ccccc1)c1nc(N)c(C#N)c(N)c1C2c1ccc(Cl)cc1. The number of carbonyl (C=O) groups excluding carboxylic acids is 1. The lowest BCUT2D eigenvalue weighted by Crippen LogP contribution is -2.38. The molecule has 0 bridgehead atoms. The van der Waals surface area contributed by atoms with E-state index in [1.807, 2.05) is 47.4 Å². The number of rotatable bonds is 2. The molecule has 1 aromatic heterocycles. The second-order valence-electron chi connectivity index (χ2n) is 9.59. The van der Waals surface area contributed by atoms with Crippen LogP contribution in [0.4, 0.5) is 23.0 Å². The van der Waals surface area contributed by atoms with Gasteiger partial charge in [-0.1, -0.05) is 55.8 Å². The molecule has 0 saturated carbocycles. The van der Waals surface area contributed by atoms with Crippen molar-refractivity contribution >= 4 is 40.4 Å². The van der Waals surface area contributed by atoms with Crippen LogP contribution in [0.1, 0.15) is 49.3 Å². The standard InChI is InChI=1S/C27H24ClN5O/c1-27(2)12-19-22(20(34)13-27)21(15-8-10-16(28)11-9-15)23-24(30)18(14-29)25(31)32-26(23)33(19)17-6-4-3-5-7-17/h3-11,21H,12-13H2,1-2H3,(H4,30,31,32). The first-order valence-corrected chi connectivity index (χ1v) is 11.5. The monoisotopic (exact) mass is 469 g/mol. The lowest BCUT2D eigenvalue weighted by Gasteiger charge is -2.44. The normalized spacial score (nSPS) is 18.8. The van der Waals surface area contributed by atoms with E-state index in [9.17, 15) is 10.1 Å². The highest BCUT2D eigenvalue weighted by molar-refractivity contribution is 6.30. The minimum absolute atomic E-state index is 0.0625. The van der Waals surface area contributed by atoms with Crippen LogP contribution in [-0.4, -0.2) is 10.8 Å². The molecule has 34 heavy (non-hydrogen) atoms. The molecular weight excluding hydrogens is 446 g/mol. The third-order valence-corrected chi connectivity index (χ3v) is 6.82. The first-order chi connectivity index (χ1) is 16.2. The highest BCUT2D eigenvalue weighted by atomic mass is 35.5. The number of nitrogens with zero attached hydrogens (tertiary/aromatic N) is 3. The minimum Gasteiger partial charge on any atom is -0.397 e. The average molecular weight is 470 g/mol. The summed E-state index contributed by atoms with van der Waals surface area (Å²) in [4.78, 5) is 20.4. The summed E-state index contributed by atoms with van der Waals surface area (Å²) in [6, 6.07) is 19.2. The van der Waals surface area contributed by atoms with E-state index in [0.29, 0.717) is 34.8 Å². The highest BCUT2D eigenvalue weighted by Crippen LogP contribution is 2.55. The maximum Gasteiger partial charge on any atom is 0.162 e. The largest absolute Gasteiger partial charge is 0.397 e. The van der Waals surface area contributed by atoms with Gasteiger partial charge in [0.15, 0.2) is 5.78 Å². The molecule has 170 valence electrons. The molecule has 4 N–H and O–H groups in total. The summed E-state index contributed by atoms with van der Waals surface area (Å²) in [6.07, 6.45) is 1.09. The number of fused-ring (bicyclic) bond motifs is 1. The van der Waals surface area contributed by atoms with Crippen LogP contribution in [0.2, 0.25) is 5.02 Å². The molecular formula is C27H24ClN5O. The molecule has 5 rings (SSSR count). The number of halogens is 1. The number of nitriles is 1. The predicted molar refractivity (Wildman–Crippen MR) is 135 cm³/mol. The molecule has 6 nitrogen and oxygen atoms in total. The Morgan fingerprint density at radius 2 is 1.76 bits per heavy atom. The summed E-state index contributed by atoms with van der Waals surface area (Å²) in [7, 11) is 0. The van der Waals surface area contributed by atoms with E-state index in [2.05, 4.69) is 24.9 Å². The lowest BCUT2D eigenvalue weighted by molar-refractivity contribution is -0.118. The van der Waals surface area contributed by atoms with Gasteiger partial charge in [0, 0.05) is 39.9 Å². The third kappa shape index (κ3) is 3.41. The van der Waals surface area contributed by atoms with Gasteiger partial charge in [0.05, 0.1) is 5.69 Å². The number of hydrogen-bond acceptors (Lipinski definition) is 6. The smallest absolute Gasteiger partial charge is 0.162 e. The van der Waals surface area contributed by atoms with Crippen molar-refractivity contribution < 1.29 is 4.79 Å². The predicted octanol–water partition coefficient (Wildman–Crippen LogP) is 5.70. The van der Waals surface area contributed by atoms with Crippen molar-refractivity contribution in [1.29, 1.82) is 5.26 Å². The van der Waals surface area contributed by atoms with Crippen LogP contribution < -0.4 is 16.4 Å². The van der Waals surface area contributed by atoms with E-state index in [4.69, 9.17) is 23.1 Å². The van der Waals surface area contributed by atoms with Gasteiger partial charge in [0.25, 0.3) is 0 Å². The van der Waals surface area contributed by atoms with Gasteiger partial charge >= 0.3 is 0 Å². The Kier molecular flexibility index (Phi) is 5.11. The number of pyridine rings is 1. The van der Waals surface area contributed by atoms with Gasteiger partial charge in [-0.3, -0.25) is 9.69 Å². The van der Waals surface area contributed by atoms with E-state index in [1.54, 1.807) is 12.1 Å². The number of para-hydroxylation sites is 1. The van der Waals surface area contributed by atoms with E-state index in [0.717, 1.165) is 16.9 Å². The Morgan fingerprint density at radius 3 is 2.41 bits per heavy atom. The Labute approximate surface area is 203 Å². The van der Waals surface area contributed by atoms with E-state index < -0.39 is 5.92 Å². The highest BCUT2D eigenvalue weighted by Gasteiger charge is 2.45. The molecule has 0 radical (unpaired) electrons. The van der Waals surface area contributed by atoms with Crippen LogP contribution in [0.5, 0.6) is 0 Å². The van der Waals surface area contributed by atoms with E-state index >= 15 is 0 Å². The zero-order chi connectivity index (χ0) is 24.2. The number of nitrogen functional groups attached to an aromatic ring is 2. The first-order valence-electron chi connectivity index (χ1n) is 11.1. The average Bonchev–Trinajstić information content (AvgIpc) is 2.78. The first kappa shape index (κ1) is 22.0. The molecule has 7 heteroatoms. The molecule has 2 heterocycles. The quantitative estimate of drug-likeness (QED) is 0.498. The van der Waals surface area contributed by atoms with E-state index in [1.165, 1.54) is 0 Å². The van der Waals surface area contributed by atoms with Crippen molar-refractivity contribution in [1.82, 2.24) is 4.98 Å². The van der Waals surface area contributed by atoms with Crippen molar-refractivity contribution in [2.75, 3.05) is 16.4 Å². The molecule has 1 atom stereocenters. The Morgan fingerprint density at radius 1 is 1.09 bits per heavy atom. The van der Waals surface area contributed by atoms with Crippen molar-refractivity contribution in [3.63, 3.8) is 0 Å². The molecule has 0 saturated heterocycles. The van der Waals surface area contributed by atoms with Crippen LogP contribution in [0.3, 0.4) is 0 Å². The number of anilines is 4. The Balaban J connectivity index is 1.91. The van der Waals surface area contributed by atoms with Crippen molar-refractivity contribution in [2.24, 2.45) is 5.41 Å². The van der Waals surface area contributed by atoms with Gasteiger partial charge in [0.1, 0.15) is 23.3 Å². The number of carbonyl (C=O) groups is 1. The van der Waals surface area contributed by atoms with Gasteiger partial charge in [-0.25, -0.2) is 4.98 Å². The van der Waals surface area contributed by atoms with Crippen molar-refractivity contribution in [3.8, 4) is 6.07 Å². The number of benzene rings is 2. The molecule has 1 aliphatic carbocycles. The van der Waals surface area contributed by atoms with Gasteiger partial charge in [0.2, 0.25) is 0 Å². The molecule has 0 amide bonds.